The molecule has 5 atom stereocenters. The number of fused-ring (bicyclic) bond motifs is 19. The van der Waals surface area contributed by atoms with Crippen molar-refractivity contribution < 1.29 is 122 Å². The van der Waals surface area contributed by atoms with Gasteiger partial charge in [0.1, 0.15) is 27.8 Å². The van der Waals surface area contributed by atoms with Crippen LogP contribution in [0.2, 0.25) is 0 Å². The summed E-state index contributed by atoms with van der Waals surface area (Å²) in [5, 5.41) is 56.0. The van der Waals surface area contributed by atoms with Gasteiger partial charge in [-0.1, -0.05) is 95.9 Å². The molecule has 32 heteroatoms. The molecule has 5 aromatic heterocycles. The molecule has 19 rings (SSSR count). The van der Waals surface area contributed by atoms with Gasteiger partial charge in [0.2, 0.25) is 0 Å². The van der Waals surface area contributed by atoms with E-state index < -0.39 is 51.6 Å². The summed E-state index contributed by atoms with van der Waals surface area (Å²) in [4.78, 5) is 118. The van der Waals surface area contributed by atoms with Crippen LogP contribution in [0.3, 0.4) is 0 Å². The monoisotopic (exact) mass is 1860 g/mol. The molecule has 9 aliphatic heterocycles. The van der Waals surface area contributed by atoms with Crippen LogP contribution in [-0.2, 0) is 36.8 Å². The zero-order chi connectivity index (χ0) is 97.2. The number of aromatic carboxylic acids is 4. The Hall–Kier alpha value is -13.2. The first-order valence-corrected chi connectivity index (χ1v) is 45.2. The maximum Gasteiger partial charge on any atom is 1.00 e. The number of esters is 1. The van der Waals surface area contributed by atoms with E-state index in [1.807, 2.05) is 94.5 Å². The molecule has 10 aromatic rings. The van der Waals surface area contributed by atoms with Crippen molar-refractivity contribution in [3.8, 4) is 114 Å². The summed E-state index contributed by atoms with van der Waals surface area (Å²) in [5.41, 5.74) is 9.84. The molecule has 14 heterocycles. The van der Waals surface area contributed by atoms with Gasteiger partial charge in [0.15, 0.2) is 84.6 Å². The van der Waals surface area contributed by atoms with Crippen molar-refractivity contribution in [2.45, 2.75) is 200 Å². The number of hydrogen-bond acceptors (Lipinski definition) is 22. The van der Waals surface area contributed by atoms with Crippen molar-refractivity contribution in [3.63, 3.8) is 0 Å². The topological polar surface area (TPSA) is 430 Å². The van der Waals surface area contributed by atoms with Crippen LogP contribution in [-0.4, -0.2) is 148 Å². The number of phenolic OH excluding ortho intramolecular Hbond substituents is 2. The van der Waals surface area contributed by atoms with Crippen LogP contribution in [0.1, 0.15) is 247 Å². The summed E-state index contributed by atoms with van der Waals surface area (Å²) < 4.78 is 62.0. The number of phenols is 2. The third-order valence-corrected chi connectivity index (χ3v) is 25.9. The summed E-state index contributed by atoms with van der Waals surface area (Å²) >= 11 is 0. The van der Waals surface area contributed by atoms with E-state index in [1.54, 1.807) is 17.7 Å². The summed E-state index contributed by atoms with van der Waals surface area (Å²) in [6.45, 7) is 42.3. The number of carbonyl (C=O) groups excluding carboxylic acids is 1. The number of rotatable bonds is 8. The van der Waals surface area contributed by atoms with Crippen molar-refractivity contribution in [3.05, 3.63) is 229 Å². The number of carbonyl (C=O) groups is 5. The summed E-state index contributed by atoms with van der Waals surface area (Å²) in [6.07, 6.45) is 13.4. The van der Waals surface area contributed by atoms with E-state index in [0.717, 1.165) is 104 Å². The summed E-state index contributed by atoms with van der Waals surface area (Å²) in [6, 6.07) is 25.7. The predicted octanol–water partition coefficient (Wildman–Crippen LogP) is 14.4. The van der Waals surface area contributed by atoms with Gasteiger partial charge < -0.3 is 102 Å². The van der Waals surface area contributed by atoms with Crippen LogP contribution < -0.4 is 83.9 Å². The van der Waals surface area contributed by atoms with Crippen LogP contribution in [0.25, 0.3) is 56.3 Å². The van der Waals surface area contributed by atoms with Gasteiger partial charge in [-0.3, -0.25) is 24.0 Å². The molecule has 0 radical (unpaired) electrons. The Kier molecular flexibility index (Phi) is 29.6. The number of aromatic nitrogens is 5. The summed E-state index contributed by atoms with van der Waals surface area (Å²) in [5.74, 6) is -0.369. The fraction of sp³-hybridized carbons (Fsp3) is 0.423. The molecule has 3 unspecified atom stereocenters. The van der Waals surface area contributed by atoms with Gasteiger partial charge in [0.05, 0.1) is 87.9 Å². The molecule has 0 fully saturated rings. The van der Waals surface area contributed by atoms with Crippen molar-refractivity contribution in [1.29, 1.82) is 0 Å². The number of nitrogens with zero attached hydrogens (tertiary/aromatic N) is 5. The van der Waals surface area contributed by atoms with E-state index in [1.165, 1.54) is 80.1 Å². The molecule has 716 valence electrons. The van der Waals surface area contributed by atoms with Gasteiger partial charge in [-0.25, -0.2) is 24.0 Å². The Balaban J connectivity index is 0.000000150. The number of hydrogen-bond donors (Lipinski definition) is 6. The molecule has 0 aliphatic carbocycles. The van der Waals surface area contributed by atoms with E-state index in [-0.39, 0.29) is 128 Å². The maximum absolute atomic E-state index is 12.6. The van der Waals surface area contributed by atoms with E-state index in [9.17, 15) is 73.5 Å². The minimum atomic E-state index is -1.26. The average molecular weight is 1860 g/mol. The second kappa shape index (κ2) is 39.6. The maximum atomic E-state index is 12.6. The van der Waals surface area contributed by atoms with Gasteiger partial charge in [-0.2, -0.15) is 0 Å². The molecule has 31 nitrogen and oxygen atoms in total. The third kappa shape index (κ3) is 21.5. The third-order valence-electron chi connectivity index (χ3n) is 25.9. The standard InChI is InChI=1S/C22H25NO5.3C20H21NO5.C15H13NO5.C7H16.Li.H2O/c1-5-26-21(25)16-10-23-13(2)6-14-7-19-20(28-12-22(3,4)11-27-19)8-15(14)17(23)9-18(16)24;3*1-11-4-12-5-17-18(26-10-20(2,3)9-25-17)6-13(12)15-7-16(22)14(19(23)24)8-21(11)15;1-7-2-8-3-13(18)14(19)4-9(8)11-5-12(17)10(15(20)21)6-16(7)11;1-5-7(3,4)6-2;;/h7-10,13H,5-6,11-12H2,1-4H3;3*5-8,11H,4,9-10H2,1-3H3,(H,23,24);3-7,18-19H,2H2,1H3,(H,20,21);5-6H2,1-4H3;;1H2/q;;;;;;+1;/p-1/t;2*11-;;;;;/m.10...../s1. The Morgan fingerprint density at radius 3 is 0.728 bits per heavy atom. The molecule has 0 saturated heterocycles. The molecule has 5 aromatic carbocycles. The first kappa shape index (κ1) is 102. The van der Waals surface area contributed by atoms with Crippen molar-refractivity contribution in [2.24, 2.45) is 27.1 Å². The Labute approximate surface area is 798 Å². The predicted molar refractivity (Wildman–Crippen MR) is 505 cm³/mol. The van der Waals surface area contributed by atoms with Crippen LogP contribution in [0.15, 0.2) is 146 Å². The van der Waals surface area contributed by atoms with Crippen LogP contribution >= 0.6 is 0 Å². The fourth-order valence-electron chi connectivity index (χ4n) is 17.3. The SMILES string of the molecule is CC1Cc2cc(O)c(O)cc2-c2cc(=O)c(C(=O)O)cn21.CC1Cc2cc3c(cc2-c2cc(=O)c(C(=O)O)cn21)OCC(C)(C)CO3.CCC(C)(C)CC.CCOC(=O)c1cn2c(cc1=O)-c1cc3c(cc1CC2C)OCC(C)(C)CO3.C[C@@H]1Cc2cc3c(cc2-c2cc(=O)c(C(=O)O)cn21)OCC(C)(C)CO3.C[C@H]1Cc2cc3c(cc2-c2cc(=O)c(C(=O)O)cn21)OCC(C)(C)CO3.[Li+].[OH-]. The fourth-order valence-corrected chi connectivity index (χ4v) is 17.3. The number of ether oxygens (including phenoxy) is 9. The second-order valence-corrected chi connectivity index (χ2v) is 40.1. The quantitative estimate of drug-likeness (QED) is 0.0467. The summed E-state index contributed by atoms with van der Waals surface area (Å²) in [7, 11) is 0. The average Bonchev–Trinajstić information content (AvgIpc) is 1.01. The van der Waals surface area contributed by atoms with Gasteiger partial charge in [-0.15, -0.1) is 0 Å². The number of pyridine rings is 5. The Bertz CT molecular complexity index is 6340. The Morgan fingerprint density at radius 1 is 0.331 bits per heavy atom. The number of carboxylic acids is 4. The molecular weight excluding hydrogens is 1740 g/mol. The molecule has 136 heavy (non-hydrogen) atoms. The number of carboxylic acid groups (broad SMARTS) is 4. The zero-order valence-corrected chi connectivity index (χ0v) is 80.4. The van der Waals surface area contributed by atoms with Gasteiger partial charge in [0.25, 0.3) is 0 Å². The van der Waals surface area contributed by atoms with E-state index in [0.29, 0.717) is 116 Å². The molecule has 0 saturated carbocycles. The van der Waals surface area contributed by atoms with Gasteiger partial charge in [0, 0.05) is 141 Å². The van der Waals surface area contributed by atoms with Crippen LogP contribution in [0.5, 0.6) is 57.5 Å². The minimum absolute atomic E-state index is 0. The van der Waals surface area contributed by atoms with Gasteiger partial charge >= 0.3 is 48.7 Å². The van der Waals surface area contributed by atoms with E-state index >= 15 is 0 Å². The molecular formula is C104H118LiN5O26. The van der Waals surface area contributed by atoms with E-state index in [4.69, 9.17) is 47.7 Å². The first-order valence-electron chi connectivity index (χ1n) is 45.2. The largest absolute Gasteiger partial charge is 1.00 e. The van der Waals surface area contributed by atoms with E-state index in [2.05, 4.69) is 90.0 Å². The Morgan fingerprint density at radius 2 is 0.522 bits per heavy atom. The van der Waals surface area contributed by atoms with Crippen molar-refractivity contribution in [2.75, 3.05) is 59.5 Å². The second-order valence-electron chi connectivity index (χ2n) is 40.1. The minimum Gasteiger partial charge on any atom is -0.870 e. The molecule has 9 aliphatic rings. The number of benzene rings is 5. The molecule has 0 amide bonds. The van der Waals surface area contributed by atoms with Crippen LogP contribution in [0.4, 0.5) is 0 Å². The molecule has 7 N–H and O–H groups in total. The van der Waals surface area contributed by atoms with Gasteiger partial charge in [-0.05, 0) is 168 Å². The zero-order valence-electron chi connectivity index (χ0n) is 80.4. The van der Waals surface area contributed by atoms with Crippen molar-refractivity contribution in [1.82, 2.24) is 22.8 Å². The molecule has 0 bridgehead atoms. The van der Waals surface area contributed by atoms with Crippen LogP contribution in [0, 0.1) is 27.1 Å². The normalized spacial score (nSPS) is 18.5. The smallest absolute Gasteiger partial charge is 0.870 e. The number of aromatic hydroxyl groups is 2. The molecule has 0 spiro atoms. The first-order chi connectivity index (χ1) is 63.0. The van der Waals surface area contributed by atoms with Crippen molar-refractivity contribution >= 4 is 29.8 Å².